The van der Waals surface area contributed by atoms with E-state index in [9.17, 15) is 9.59 Å². The summed E-state index contributed by atoms with van der Waals surface area (Å²) in [4.78, 5) is 27.3. The molecule has 0 saturated carbocycles. The second-order valence-corrected chi connectivity index (χ2v) is 4.87. The average molecular weight is 256 g/mol. The molecule has 18 heavy (non-hydrogen) atoms. The maximum absolute atomic E-state index is 12.3. The van der Waals surface area contributed by atoms with Crippen LogP contribution in [0, 0.1) is 0 Å². The predicted octanol–water partition coefficient (Wildman–Crippen LogP) is -1.13. The quantitative estimate of drug-likeness (QED) is 0.631. The van der Waals surface area contributed by atoms with E-state index in [-0.39, 0.29) is 24.4 Å². The third-order valence-corrected chi connectivity index (χ3v) is 2.93. The molecular formula is C12H24N4O2. The minimum atomic E-state index is -0.281. The molecule has 6 nitrogen and oxygen atoms in total. The zero-order chi connectivity index (χ0) is 13.5. The van der Waals surface area contributed by atoms with Crippen LogP contribution >= 0.6 is 0 Å². The normalized spacial score (nSPS) is 19.8. The van der Waals surface area contributed by atoms with E-state index >= 15 is 0 Å². The van der Waals surface area contributed by atoms with Crippen LogP contribution < -0.4 is 10.6 Å². The van der Waals surface area contributed by atoms with Crippen molar-refractivity contribution in [3.8, 4) is 0 Å². The van der Waals surface area contributed by atoms with Gasteiger partial charge in [0.1, 0.15) is 6.04 Å². The Balaban J connectivity index is 2.50. The van der Waals surface area contributed by atoms with Gasteiger partial charge in [-0.05, 0) is 20.5 Å². The predicted molar refractivity (Wildman–Crippen MR) is 70.2 cm³/mol. The van der Waals surface area contributed by atoms with Crippen molar-refractivity contribution in [3.05, 3.63) is 0 Å². The van der Waals surface area contributed by atoms with Crippen LogP contribution in [0.1, 0.15) is 13.3 Å². The summed E-state index contributed by atoms with van der Waals surface area (Å²) >= 11 is 0. The van der Waals surface area contributed by atoms with Crippen molar-refractivity contribution in [2.45, 2.75) is 19.4 Å². The molecule has 1 heterocycles. The molecule has 0 bridgehead atoms. The van der Waals surface area contributed by atoms with Crippen LogP contribution in [0.15, 0.2) is 0 Å². The van der Waals surface area contributed by atoms with Crippen molar-refractivity contribution >= 4 is 11.8 Å². The lowest BCUT2D eigenvalue weighted by Crippen LogP contribution is -2.59. The Kier molecular flexibility index (Phi) is 6.07. The standard InChI is InChI=1S/C12H24N4O2/c1-4-5-16(7-6-15(2)3)12(18)10-8-14-11(17)9-13-10/h10,13H,4-9H2,1-3H3,(H,14,17). The van der Waals surface area contributed by atoms with E-state index in [1.165, 1.54) is 0 Å². The molecule has 0 aliphatic carbocycles. The van der Waals surface area contributed by atoms with Crippen LogP contribution in [0.5, 0.6) is 0 Å². The largest absolute Gasteiger partial charge is 0.353 e. The fourth-order valence-electron chi connectivity index (χ4n) is 1.88. The second kappa shape index (κ2) is 7.33. The van der Waals surface area contributed by atoms with E-state index in [0.29, 0.717) is 6.54 Å². The monoisotopic (exact) mass is 256 g/mol. The third kappa shape index (κ3) is 4.62. The van der Waals surface area contributed by atoms with Gasteiger partial charge in [-0.15, -0.1) is 0 Å². The van der Waals surface area contributed by atoms with Gasteiger partial charge in [-0.1, -0.05) is 6.92 Å². The van der Waals surface area contributed by atoms with Crippen LogP contribution in [0.4, 0.5) is 0 Å². The molecule has 0 aromatic rings. The van der Waals surface area contributed by atoms with E-state index in [2.05, 4.69) is 22.5 Å². The number of amides is 2. The van der Waals surface area contributed by atoms with Gasteiger partial charge >= 0.3 is 0 Å². The summed E-state index contributed by atoms with van der Waals surface area (Å²) in [5, 5.41) is 5.69. The summed E-state index contributed by atoms with van der Waals surface area (Å²) in [6.07, 6.45) is 0.943. The molecule has 1 rings (SSSR count). The third-order valence-electron chi connectivity index (χ3n) is 2.93. The second-order valence-electron chi connectivity index (χ2n) is 4.87. The van der Waals surface area contributed by atoms with Gasteiger partial charge < -0.3 is 15.1 Å². The van der Waals surface area contributed by atoms with Crippen molar-refractivity contribution in [1.82, 2.24) is 20.4 Å². The van der Waals surface area contributed by atoms with E-state index in [0.717, 1.165) is 26.1 Å². The zero-order valence-corrected chi connectivity index (χ0v) is 11.5. The molecule has 6 heteroatoms. The van der Waals surface area contributed by atoms with Gasteiger partial charge in [0.2, 0.25) is 11.8 Å². The number of rotatable bonds is 6. The topological polar surface area (TPSA) is 64.7 Å². The summed E-state index contributed by atoms with van der Waals surface area (Å²) < 4.78 is 0. The smallest absolute Gasteiger partial charge is 0.241 e. The molecule has 1 saturated heterocycles. The number of likely N-dealkylation sites (N-methyl/N-ethyl adjacent to an activating group) is 1. The van der Waals surface area contributed by atoms with Crippen molar-refractivity contribution in [1.29, 1.82) is 0 Å². The molecule has 1 unspecified atom stereocenters. The summed E-state index contributed by atoms with van der Waals surface area (Å²) in [5.74, 6) is 0.0353. The molecule has 1 aliphatic heterocycles. The first-order valence-corrected chi connectivity index (χ1v) is 6.48. The lowest BCUT2D eigenvalue weighted by Gasteiger charge is -2.30. The van der Waals surface area contributed by atoms with E-state index in [4.69, 9.17) is 0 Å². The first kappa shape index (κ1) is 14.9. The Bertz CT molecular complexity index is 284. The van der Waals surface area contributed by atoms with Crippen molar-refractivity contribution in [2.24, 2.45) is 0 Å². The molecule has 0 radical (unpaired) electrons. The van der Waals surface area contributed by atoms with Crippen LogP contribution in [-0.2, 0) is 9.59 Å². The van der Waals surface area contributed by atoms with Gasteiger partial charge in [0.15, 0.2) is 0 Å². The zero-order valence-electron chi connectivity index (χ0n) is 11.5. The maximum atomic E-state index is 12.3. The number of nitrogens with one attached hydrogen (secondary N) is 2. The van der Waals surface area contributed by atoms with Crippen LogP contribution in [-0.4, -0.2) is 74.5 Å². The van der Waals surface area contributed by atoms with Crippen molar-refractivity contribution in [3.63, 3.8) is 0 Å². The number of carbonyl (C=O) groups excluding carboxylic acids is 2. The maximum Gasteiger partial charge on any atom is 0.241 e. The van der Waals surface area contributed by atoms with Gasteiger partial charge in [-0.3, -0.25) is 14.9 Å². The van der Waals surface area contributed by atoms with Gasteiger partial charge in [0.05, 0.1) is 6.54 Å². The lowest BCUT2D eigenvalue weighted by atomic mass is 10.2. The first-order valence-electron chi connectivity index (χ1n) is 6.48. The molecular weight excluding hydrogens is 232 g/mol. The molecule has 0 aromatic carbocycles. The average Bonchev–Trinajstić information content (AvgIpc) is 2.34. The number of hydrogen-bond acceptors (Lipinski definition) is 4. The summed E-state index contributed by atoms with van der Waals surface area (Å²) in [6, 6.07) is -0.281. The van der Waals surface area contributed by atoms with Gasteiger partial charge in [-0.2, -0.15) is 0 Å². The molecule has 0 spiro atoms. The molecule has 0 aromatic heterocycles. The van der Waals surface area contributed by atoms with Crippen molar-refractivity contribution in [2.75, 3.05) is 46.8 Å². The van der Waals surface area contributed by atoms with Gasteiger partial charge in [-0.25, -0.2) is 0 Å². The minimum Gasteiger partial charge on any atom is -0.353 e. The Morgan fingerprint density at radius 3 is 2.56 bits per heavy atom. The van der Waals surface area contributed by atoms with Gasteiger partial charge in [0.25, 0.3) is 0 Å². The van der Waals surface area contributed by atoms with Crippen molar-refractivity contribution < 1.29 is 9.59 Å². The molecule has 1 fully saturated rings. The number of piperazine rings is 1. The number of hydrogen-bond donors (Lipinski definition) is 2. The molecule has 104 valence electrons. The van der Waals surface area contributed by atoms with E-state index in [1.54, 1.807) is 0 Å². The highest BCUT2D eigenvalue weighted by Crippen LogP contribution is 2.00. The van der Waals surface area contributed by atoms with E-state index < -0.39 is 0 Å². The Morgan fingerprint density at radius 1 is 1.33 bits per heavy atom. The Morgan fingerprint density at radius 2 is 2.06 bits per heavy atom. The summed E-state index contributed by atoms with van der Waals surface area (Å²) in [7, 11) is 3.99. The van der Waals surface area contributed by atoms with Crippen LogP contribution in [0.3, 0.4) is 0 Å². The fraction of sp³-hybridized carbons (Fsp3) is 0.833. The number of carbonyl (C=O) groups is 2. The fourth-order valence-corrected chi connectivity index (χ4v) is 1.88. The first-order chi connectivity index (χ1) is 8.54. The lowest BCUT2D eigenvalue weighted by molar-refractivity contribution is -0.135. The highest BCUT2D eigenvalue weighted by Gasteiger charge is 2.27. The molecule has 1 atom stereocenters. The molecule has 2 N–H and O–H groups in total. The highest BCUT2D eigenvalue weighted by atomic mass is 16.2. The SMILES string of the molecule is CCCN(CCN(C)C)C(=O)C1CNC(=O)CN1. The van der Waals surface area contributed by atoms with Crippen LogP contribution in [0.25, 0.3) is 0 Å². The number of nitrogens with zero attached hydrogens (tertiary/aromatic N) is 2. The highest BCUT2D eigenvalue weighted by molar-refractivity contribution is 5.86. The summed E-state index contributed by atoms with van der Waals surface area (Å²) in [6.45, 7) is 5.02. The molecule has 1 aliphatic rings. The Labute approximate surface area is 109 Å². The summed E-state index contributed by atoms with van der Waals surface area (Å²) in [5.41, 5.74) is 0. The van der Waals surface area contributed by atoms with Crippen LogP contribution in [0.2, 0.25) is 0 Å². The molecule has 2 amide bonds. The van der Waals surface area contributed by atoms with E-state index in [1.807, 2.05) is 19.0 Å². The Hall–Kier alpha value is -1.14. The minimum absolute atomic E-state index is 0.0469. The van der Waals surface area contributed by atoms with Gasteiger partial charge in [0, 0.05) is 26.2 Å².